The van der Waals surface area contributed by atoms with E-state index in [0.29, 0.717) is 50.0 Å². The number of fused-ring (bicyclic) bond motifs is 1. The molecule has 0 aromatic rings. The quantitative estimate of drug-likeness (QED) is 0.371. The smallest absolute Gasteiger partial charge is 0.302 e. The summed E-state index contributed by atoms with van der Waals surface area (Å²) in [5, 5.41) is 21.3. The van der Waals surface area contributed by atoms with Gasteiger partial charge in [0.05, 0.1) is 18.8 Å². The van der Waals surface area contributed by atoms with Crippen LogP contribution in [0.2, 0.25) is 0 Å². The molecule has 34 heavy (non-hydrogen) atoms. The lowest BCUT2D eigenvalue weighted by atomic mass is 9.55. The van der Waals surface area contributed by atoms with Gasteiger partial charge in [0.2, 0.25) is 0 Å². The van der Waals surface area contributed by atoms with Gasteiger partial charge in [-0.15, -0.1) is 0 Å². The lowest BCUT2D eigenvalue weighted by Crippen LogP contribution is -2.52. The molecule has 0 radical (unpaired) electrons. The normalized spacial score (nSPS) is 39.3. The van der Waals surface area contributed by atoms with Crippen molar-refractivity contribution in [2.75, 3.05) is 6.61 Å². The van der Waals surface area contributed by atoms with E-state index in [1.807, 2.05) is 13.0 Å². The lowest BCUT2D eigenvalue weighted by Gasteiger charge is -2.49. The molecular weight excluding hydrogens is 428 g/mol. The minimum absolute atomic E-state index is 0.0285. The molecule has 0 aliphatic heterocycles. The first kappa shape index (κ1) is 27.1. The fourth-order valence-corrected chi connectivity index (χ4v) is 7.21. The van der Waals surface area contributed by atoms with Crippen molar-refractivity contribution in [1.29, 1.82) is 0 Å². The molecular formula is C29H46O5. The molecule has 0 bridgehead atoms. The fraction of sp³-hybridized carbons (Fsp3) is 0.793. The number of esters is 1. The first-order chi connectivity index (χ1) is 15.9. The predicted octanol–water partition coefficient (Wildman–Crippen LogP) is 5.25. The number of hydrogen-bond donors (Lipinski definition) is 2. The number of Topliss-reactive ketones (excluding diaryl/α,β-unsaturated/α-hetero) is 1. The van der Waals surface area contributed by atoms with Crippen molar-refractivity contribution in [2.24, 2.45) is 40.4 Å². The van der Waals surface area contributed by atoms with Crippen LogP contribution in [0.4, 0.5) is 0 Å². The maximum absolute atomic E-state index is 14.0. The molecule has 2 fully saturated rings. The Morgan fingerprint density at radius 1 is 1.21 bits per heavy atom. The molecule has 192 valence electrons. The minimum atomic E-state index is -0.715. The standard InChI is InChI=1S/C29H46O5/c1-18(2)8-7-9-19(3)23-10-11-24(28(23,5)14-15-34-20(4)30)22-17-26(32)25-16-21(31)12-13-29(25,6)27(22)33/h7,9,17-19,21,23-26,31-32H,8,10-16H2,1-6H3. The minimum Gasteiger partial charge on any atom is -0.466 e. The molecule has 0 aromatic carbocycles. The SMILES string of the molecule is CC(=O)OCCC1(C)C(C2=CC(O)C3CC(O)CCC3(C)C2=O)CCC1C(C)C=CCC(C)C. The molecule has 2 N–H and O–H groups in total. The number of ether oxygens (including phenoxy) is 1. The van der Waals surface area contributed by atoms with Crippen LogP contribution in [-0.2, 0) is 14.3 Å². The Bertz CT molecular complexity index is 813. The highest BCUT2D eigenvalue weighted by atomic mass is 16.5. The van der Waals surface area contributed by atoms with Crippen molar-refractivity contribution >= 4 is 11.8 Å². The van der Waals surface area contributed by atoms with Gasteiger partial charge in [0, 0.05) is 18.3 Å². The Morgan fingerprint density at radius 3 is 2.56 bits per heavy atom. The summed E-state index contributed by atoms with van der Waals surface area (Å²) in [5.74, 6) is 1.01. The highest BCUT2D eigenvalue weighted by Crippen LogP contribution is 2.59. The number of carbonyl (C=O) groups excluding carboxylic acids is 2. The third-order valence-corrected chi connectivity index (χ3v) is 9.30. The summed E-state index contributed by atoms with van der Waals surface area (Å²) >= 11 is 0. The third-order valence-electron chi connectivity index (χ3n) is 9.30. The van der Waals surface area contributed by atoms with Crippen molar-refractivity contribution in [3.05, 3.63) is 23.8 Å². The number of carbonyl (C=O) groups is 2. The first-order valence-corrected chi connectivity index (χ1v) is 13.3. The zero-order valence-electron chi connectivity index (χ0n) is 22.0. The molecule has 5 heteroatoms. The number of rotatable bonds is 8. The fourth-order valence-electron chi connectivity index (χ4n) is 7.21. The van der Waals surface area contributed by atoms with Crippen LogP contribution in [0, 0.1) is 40.4 Å². The summed E-state index contributed by atoms with van der Waals surface area (Å²) in [6.07, 6.45) is 10.6. The van der Waals surface area contributed by atoms with E-state index in [1.54, 1.807) is 0 Å². The maximum Gasteiger partial charge on any atom is 0.302 e. The van der Waals surface area contributed by atoms with Gasteiger partial charge in [0.25, 0.3) is 0 Å². The molecule has 0 aromatic heterocycles. The third kappa shape index (κ3) is 5.36. The zero-order chi connectivity index (χ0) is 25.3. The number of ketones is 1. The van der Waals surface area contributed by atoms with Gasteiger partial charge in [-0.05, 0) is 85.7 Å². The Hall–Kier alpha value is -1.46. The maximum atomic E-state index is 14.0. The van der Waals surface area contributed by atoms with Gasteiger partial charge >= 0.3 is 5.97 Å². The second kappa shape index (κ2) is 10.7. The predicted molar refractivity (Wildman–Crippen MR) is 134 cm³/mol. The molecule has 3 aliphatic rings. The highest BCUT2D eigenvalue weighted by molar-refractivity contribution is 6.01. The van der Waals surface area contributed by atoms with E-state index in [-0.39, 0.29) is 29.0 Å². The van der Waals surface area contributed by atoms with Gasteiger partial charge in [0.15, 0.2) is 5.78 Å². The van der Waals surface area contributed by atoms with Crippen LogP contribution < -0.4 is 0 Å². The molecule has 3 aliphatic carbocycles. The number of aliphatic hydroxyl groups is 2. The largest absolute Gasteiger partial charge is 0.466 e. The zero-order valence-corrected chi connectivity index (χ0v) is 22.0. The average Bonchev–Trinajstić information content (AvgIpc) is 3.08. The summed E-state index contributed by atoms with van der Waals surface area (Å²) in [5.41, 5.74) is -0.0652. The molecule has 0 spiro atoms. The number of allylic oxidation sites excluding steroid dienone is 3. The van der Waals surface area contributed by atoms with Crippen LogP contribution in [-0.4, -0.2) is 40.8 Å². The second-order valence-corrected chi connectivity index (χ2v) is 12.1. The molecule has 3 rings (SSSR count). The van der Waals surface area contributed by atoms with Crippen molar-refractivity contribution < 1.29 is 24.5 Å². The summed E-state index contributed by atoms with van der Waals surface area (Å²) in [6, 6.07) is 0. The van der Waals surface area contributed by atoms with Crippen molar-refractivity contribution in [1.82, 2.24) is 0 Å². The molecule has 0 saturated heterocycles. The summed E-state index contributed by atoms with van der Waals surface area (Å²) in [4.78, 5) is 25.4. The monoisotopic (exact) mass is 474 g/mol. The van der Waals surface area contributed by atoms with Gasteiger partial charge in [0.1, 0.15) is 0 Å². The number of aliphatic hydroxyl groups excluding tert-OH is 2. The Balaban J connectivity index is 1.92. The Kier molecular flexibility index (Phi) is 8.50. The lowest BCUT2D eigenvalue weighted by molar-refractivity contribution is -0.143. The van der Waals surface area contributed by atoms with Crippen LogP contribution in [0.25, 0.3) is 0 Å². The van der Waals surface area contributed by atoms with E-state index in [1.165, 1.54) is 6.92 Å². The van der Waals surface area contributed by atoms with Gasteiger partial charge in [-0.1, -0.05) is 46.8 Å². The Labute approximate surface area is 206 Å². The molecule has 8 atom stereocenters. The van der Waals surface area contributed by atoms with Crippen molar-refractivity contribution in [2.45, 2.75) is 98.7 Å². The van der Waals surface area contributed by atoms with Gasteiger partial charge in [-0.2, -0.15) is 0 Å². The van der Waals surface area contributed by atoms with E-state index in [0.717, 1.165) is 24.8 Å². The molecule has 8 unspecified atom stereocenters. The van der Waals surface area contributed by atoms with E-state index >= 15 is 0 Å². The summed E-state index contributed by atoms with van der Waals surface area (Å²) < 4.78 is 5.37. The van der Waals surface area contributed by atoms with Crippen molar-refractivity contribution in [3.63, 3.8) is 0 Å². The van der Waals surface area contributed by atoms with E-state index < -0.39 is 17.6 Å². The summed E-state index contributed by atoms with van der Waals surface area (Å²) in [6.45, 7) is 12.7. The molecule has 5 nitrogen and oxygen atoms in total. The first-order valence-electron chi connectivity index (χ1n) is 13.3. The Morgan fingerprint density at radius 2 is 1.91 bits per heavy atom. The van der Waals surface area contributed by atoms with E-state index in [2.05, 4.69) is 39.8 Å². The van der Waals surface area contributed by atoms with Crippen LogP contribution in [0.1, 0.15) is 86.5 Å². The van der Waals surface area contributed by atoms with Gasteiger partial charge in [-0.3, -0.25) is 9.59 Å². The topological polar surface area (TPSA) is 83.8 Å². The van der Waals surface area contributed by atoms with Crippen molar-refractivity contribution in [3.8, 4) is 0 Å². The van der Waals surface area contributed by atoms with Crippen LogP contribution in [0.3, 0.4) is 0 Å². The number of hydrogen-bond acceptors (Lipinski definition) is 5. The molecule has 0 heterocycles. The van der Waals surface area contributed by atoms with Crippen LogP contribution in [0.15, 0.2) is 23.8 Å². The van der Waals surface area contributed by atoms with E-state index in [4.69, 9.17) is 4.74 Å². The van der Waals surface area contributed by atoms with Gasteiger partial charge in [-0.25, -0.2) is 0 Å². The summed E-state index contributed by atoms with van der Waals surface area (Å²) in [7, 11) is 0. The molecule has 2 saturated carbocycles. The highest BCUT2D eigenvalue weighted by Gasteiger charge is 2.56. The van der Waals surface area contributed by atoms with Crippen LogP contribution in [0.5, 0.6) is 0 Å². The van der Waals surface area contributed by atoms with Crippen LogP contribution >= 0.6 is 0 Å². The van der Waals surface area contributed by atoms with E-state index in [9.17, 15) is 19.8 Å². The second-order valence-electron chi connectivity index (χ2n) is 12.1. The average molecular weight is 475 g/mol. The van der Waals surface area contributed by atoms with Gasteiger partial charge < -0.3 is 14.9 Å². The molecule has 0 amide bonds.